The lowest BCUT2D eigenvalue weighted by Crippen LogP contribution is -2.76. The molecule has 0 aromatic heterocycles. The number of rotatable bonds is 6. The predicted octanol–water partition coefficient (Wildman–Crippen LogP) is 4.68. The van der Waals surface area contributed by atoms with Crippen LogP contribution in [0.25, 0.3) is 0 Å². The number of hydrazine groups is 2. The second-order valence-electron chi connectivity index (χ2n) is 17.2. The van der Waals surface area contributed by atoms with Gasteiger partial charge in [0.15, 0.2) is 11.1 Å². The molecule has 0 aromatic carbocycles. The quantitative estimate of drug-likeness (QED) is 0.265. The zero-order valence-corrected chi connectivity index (χ0v) is 31.5. The molecule has 49 heavy (non-hydrogen) atoms. The molecule has 3 saturated heterocycles. The minimum atomic E-state index is -0.0586. The van der Waals surface area contributed by atoms with Gasteiger partial charge in [0.2, 0.25) is 0 Å². The molecule has 4 heterocycles. The van der Waals surface area contributed by atoms with Gasteiger partial charge in [0.1, 0.15) is 11.3 Å². The molecule has 17 atom stereocenters. The molecule has 12 heteroatoms. The fraction of sp³-hybridized carbons (Fsp3) is 0.946. The van der Waals surface area contributed by atoms with Crippen molar-refractivity contribution >= 4 is 23.5 Å². The maximum Gasteiger partial charge on any atom is 0.171 e. The Morgan fingerprint density at radius 1 is 0.633 bits per heavy atom. The number of nitrogens with zero attached hydrogens (tertiary/aromatic N) is 2. The molecule has 6 saturated carbocycles. The van der Waals surface area contributed by atoms with Gasteiger partial charge in [-0.3, -0.25) is 0 Å². The van der Waals surface area contributed by atoms with E-state index >= 15 is 0 Å². The molecule has 0 amide bonds. The number of hydrogen-bond acceptors (Lipinski definition) is 12. The van der Waals surface area contributed by atoms with Crippen molar-refractivity contribution < 1.29 is 14.2 Å². The van der Waals surface area contributed by atoms with Crippen LogP contribution in [0.15, 0.2) is 11.4 Å². The third-order valence-electron chi connectivity index (χ3n) is 15.5. The van der Waals surface area contributed by atoms with Crippen molar-refractivity contribution in [3.63, 3.8) is 0 Å². The lowest BCUT2D eigenvalue weighted by atomic mass is 9.45. The summed E-state index contributed by atoms with van der Waals surface area (Å²) in [5, 5.41) is 4.73. The zero-order valence-electron chi connectivity index (χ0n) is 29.9. The van der Waals surface area contributed by atoms with Gasteiger partial charge in [-0.05, 0) is 93.3 Å². The molecule has 0 spiro atoms. The third-order valence-corrected chi connectivity index (χ3v) is 17.8. The monoisotopic (exact) mass is 715 g/mol. The van der Waals surface area contributed by atoms with Crippen LogP contribution in [0.1, 0.15) is 96.3 Å². The Kier molecular flexibility index (Phi) is 9.20. The van der Waals surface area contributed by atoms with Crippen LogP contribution in [-0.2, 0) is 14.2 Å². The van der Waals surface area contributed by atoms with E-state index < -0.39 is 0 Å². The van der Waals surface area contributed by atoms with E-state index in [1.807, 2.05) is 44.9 Å². The van der Waals surface area contributed by atoms with Crippen LogP contribution in [-0.4, -0.2) is 89.4 Å². The second kappa shape index (κ2) is 13.5. The Hall–Kier alpha value is -0.280. The van der Waals surface area contributed by atoms with Gasteiger partial charge in [0.05, 0.1) is 11.5 Å². The molecule has 0 radical (unpaired) electrons. The summed E-state index contributed by atoms with van der Waals surface area (Å²) in [6.07, 6.45) is 20.7. The second-order valence-corrected chi connectivity index (χ2v) is 19.6. The van der Waals surface area contributed by atoms with Crippen molar-refractivity contribution in [2.75, 3.05) is 21.3 Å². The Balaban J connectivity index is 1.15. The van der Waals surface area contributed by atoms with Crippen molar-refractivity contribution in [3.05, 3.63) is 11.4 Å². The van der Waals surface area contributed by atoms with Crippen molar-refractivity contribution in [3.8, 4) is 0 Å². The highest BCUT2D eigenvalue weighted by atomic mass is 32.2. The number of thioether (sulfide) groups is 2. The first kappa shape index (κ1) is 33.3. The molecule has 0 aromatic rings. The maximum absolute atomic E-state index is 6.17. The van der Waals surface area contributed by atoms with E-state index in [0.717, 1.165) is 54.8 Å². The molecule has 10 aliphatic rings. The van der Waals surface area contributed by atoms with Crippen molar-refractivity contribution in [1.29, 1.82) is 0 Å². The number of hydrogen-bond donors (Lipinski definition) is 5. The first-order valence-corrected chi connectivity index (χ1v) is 22.0. The van der Waals surface area contributed by atoms with Crippen LogP contribution in [0.4, 0.5) is 0 Å². The standard InChI is InChI=1S/C37H61N7O3S2/c1-45-21-16-17-26-24(18-21)30(33-39-41-36(46-2)48-33)34(44(26)35-40-42-37(47-3)49-35)43-27-13-5-4-12-25(27)38-31-22-10-6-8-19-14-15-20-9-7-11-23(32(31)43)29(20)28(19)22/h19-29,31-33,35-42H,4-18H2,1-3H3. The molecular formula is C37H61N7O3S2. The molecule has 274 valence electrons. The molecule has 4 aliphatic heterocycles. The number of fused-ring (bicyclic) bond motifs is 5. The molecular weight excluding hydrogens is 655 g/mol. The fourth-order valence-electron chi connectivity index (χ4n) is 13.9. The highest BCUT2D eigenvalue weighted by Crippen LogP contribution is 2.63. The van der Waals surface area contributed by atoms with Crippen LogP contribution in [0.2, 0.25) is 0 Å². The highest BCUT2D eigenvalue weighted by molar-refractivity contribution is 8.00. The largest absolute Gasteiger partial charge is 0.381 e. The van der Waals surface area contributed by atoms with Crippen LogP contribution in [0.5, 0.6) is 0 Å². The van der Waals surface area contributed by atoms with Gasteiger partial charge in [-0.1, -0.05) is 62.0 Å². The number of ether oxygens (including phenoxy) is 3. The predicted molar refractivity (Wildman–Crippen MR) is 194 cm³/mol. The molecule has 6 aliphatic carbocycles. The van der Waals surface area contributed by atoms with Gasteiger partial charge in [-0.2, -0.15) is 0 Å². The summed E-state index contributed by atoms with van der Waals surface area (Å²) in [6.45, 7) is 0. The molecule has 0 bridgehead atoms. The maximum atomic E-state index is 6.17. The Morgan fingerprint density at radius 3 is 2.12 bits per heavy atom. The highest BCUT2D eigenvalue weighted by Gasteiger charge is 2.64. The summed E-state index contributed by atoms with van der Waals surface area (Å²) in [5.74, 6) is 7.39. The minimum absolute atomic E-state index is 0.0549. The lowest BCUT2D eigenvalue weighted by Gasteiger charge is -2.68. The van der Waals surface area contributed by atoms with E-state index in [-0.39, 0.29) is 22.0 Å². The normalized spacial score (nSPS) is 52.1. The number of methoxy groups -OCH3 is 3. The van der Waals surface area contributed by atoms with Crippen molar-refractivity contribution in [1.82, 2.24) is 36.8 Å². The van der Waals surface area contributed by atoms with E-state index in [0.29, 0.717) is 42.2 Å². The van der Waals surface area contributed by atoms with Crippen molar-refractivity contribution in [2.45, 2.75) is 155 Å². The number of piperazine rings is 1. The van der Waals surface area contributed by atoms with Crippen molar-refractivity contribution in [2.24, 2.45) is 41.4 Å². The summed E-state index contributed by atoms with van der Waals surface area (Å²) in [4.78, 5) is 6.10. The van der Waals surface area contributed by atoms with E-state index in [2.05, 4.69) is 36.8 Å². The molecule has 9 fully saturated rings. The van der Waals surface area contributed by atoms with Gasteiger partial charge in [0, 0.05) is 63.0 Å². The van der Waals surface area contributed by atoms with E-state index in [1.54, 1.807) is 11.4 Å². The van der Waals surface area contributed by atoms with Gasteiger partial charge in [-0.25, -0.2) is 21.7 Å². The summed E-state index contributed by atoms with van der Waals surface area (Å²) in [5.41, 5.74) is 16.2. The first-order chi connectivity index (χ1) is 24.2. The average molecular weight is 716 g/mol. The average Bonchev–Trinajstić information content (AvgIpc) is 3.90. The van der Waals surface area contributed by atoms with E-state index in [1.165, 1.54) is 77.0 Å². The molecule has 10 nitrogen and oxygen atoms in total. The lowest BCUT2D eigenvalue weighted by molar-refractivity contribution is -0.156. The van der Waals surface area contributed by atoms with Gasteiger partial charge < -0.3 is 29.3 Å². The third kappa shape index (κ3) is 5.34. The summed E-state index contributed by atoms with van der Waals surface area (Å²) in [7, 11) is 5.59. The summed E-state index contributed by atoms with van der Waals surface area (Å²) < 4.78 is 18.0. The smallest absolute Gasteiger partial charge is 0.171 e. The van der Waals surface area contributed by atoms with Gasteiger partial charge in [0.25, 0.3) is 0 Å². The SMILES string of the molecule is COC1CCC2C(C1)C(C1NNC(OC)S1)=C(N1C3CCCCC3NC3C4CCCC5CCC6CCCC(C6C54)C31)N2C1NNC(OC)S1. The van der Waals surface area contributed by atoms with Crippen LogP contribution in [0.3, 0.4) is 0 Å². The molecule has 5 N–H and O–H groups in total. The number of nitrogens with one attached hydrogen (secondary N) is 5. The Labute approximate surface area is 302 Å². The summed E-state index contributed by atoms with van der Waals surface area (Å²) >= 11 is 3.82. The molecule has 10 rings (SSSR count). The van der Waals surface area contributed by atoms with Gasteiger partial charge in [-0.15, -0.1) is 0 Å². The Morgan fingerprint density at radius 2 is 1.37 bits per heavy atom. The zero-order chi connectivity index (χ0) is 32.8. The topological polar surface area (TPSA) is 94.3 Å². The van der Waals surface area contributed by atoms with Gasteiger partial charge >= 0.3 is 0 Å². The summed E-state index contributed by atoms with van der Waals surface area (Å²) in [6, 6.07) is 2.70. The van der Waals surface area contributed by atoms with E-state index in [9.17, 15) is 0 Å². The van der Waals surface area contributed by atoms with E-state index in [4.69, 9.17) is 14.2 Å². The van der Waals surface area contributed by atoms with Crippen LogP contribution < -0.4 is 27.0 Å². The van der Waals surface area contributed by atoms with Crippen LogP contribution >= 0.6 is 23.5 Å². The Bertz CT molecular complexity index is 1260. The first-order valence-electron chi connectivity index (χ1n) is 20.1. The molecule has 17 unspecified atom stereocenters. The fourth-order valence-corrected chi connectivity index (χ4v) is 15.9. The minimum Gasteiger partial charge on any atom is -0.381 e. The van der Waals surface area contributed by atoms with Crippen LogP contribution in [0, 0.1) is 41.4 Å².